The summed E-state index contributed by atoms with van der Waals surface area (Å²) in [5.41, 5.74) is 1.58. The van der Waals surface area contributed by atoms with Crippen molar-refractivity contribution in [1.29, 1.82) is 0 Å². The van der Waals surface area contributed by atoms with Gasteiger partial charge >= 0.3 is 0 Å². The Morgan fingerprint density at radius 2 is 2.29 bits per heavy atom. The standard InChI is InChI=1S/C16H21N3OS/c1-18(13-6-5-7-14(13)21-2)11-12-10-16(20)19-9-4-3-8-15(19)17-12/h3-4,8-10,13-14H,5-7,11H2,1-2H3. The van der Waals surface area contributed by atoms with Crippen LogP contribution in [0.3, 0.4) is 0 Å². The molecule has 1 aliphatic carbocycles. The van der Waals surface area contributed by atoms with E-state index in [0.717, 1.165) is 17.9 Å². The van der Waals surface area contributed by atoms with Gasteiger partial charge in [0.1, 0.15) is 5.65 Å². The minimum absolute atomic E-state index is 0.00293. The molecule has 0 bridgehead atoms. The first-order chi connectivity index (χ1) is 10.2. The van der Waals surface area contributed by atoms with Crippen molar-refractivity contribution < 1.29 is 0 Å². The molecular formula is C16H21N3OS. The highest BCUT2D eigenvalue weighted by Gasteiger charge is 2.29. The van der Waals surface area contributed by atoms with E-state index >= 15 is 0 Å². The van der Waals surface area contributed by atoms with E-state index in [0.29, 0.717) is 11.3 Å². The van der Waals surface area contributed by atoms with Crippen LogP contribution in [0.2, 0.25) is 0 Å². The molecule has 21 heavy (non-hydrogen) atoms. The Kier molecular flexibility index (Phi) is 4.31. The molecule has 0 amide bonds. The lowest BCUT2D eigenvalue weighted by Gasteiger charge is -2.28. The molecule has 0 radical (unpaired) electrons. The van der Waals surface area contributed by atoms with Crippen LogP contribution in [0, 0.1) is 0 Å². The molecule has 1 fully saturated rings. The van der Waals surface area contributed by atoms with Gasteiger partial charge in [0.25, 0.3) is 5.56 Å². The van der Waals surface area contributed by atoms with Gasteiger partial charge in [-0.25, -0.2) is 4.98 Å². The molecule has 1 aliphatic rings. The van der Waals surface area contributed by atoms with E-state index in [4.69, 9.17) is 0 Å². The van der Waals surface area contributed by atoms with Crippen LogP contribution in [0.15, 0.2) is 35.3 Å². The molecule has 4 nitrogen and oxygen atoms in total. The van der Waals surface area contributed by atoms with Crippen molar-refractivity contribution >= 4 is 17.4 Å². The maximum Gasteiger partial charge on any atom is 0.258 e. The molecule has 2 atom stereocenters. The molecule has 2 heterocycles. The number of pyridine rings is 1. The second kappa shape index (κ2) is 6.20. The number of aromatic nitrogens is 2. The van der Waals surface area contributed by atoms with E-state index < -0.39 is 0 Å². The van der Waals surface area contributed by atoms with Crippen molar-refractivity contribution in [3.05, 3.63) is 46.5 Å². The first kappa shape index (κ1) is 14.6. The Bertz CT molecular complexity index is 685. The first-order valence-electron chi connectivity index (χ1n) is 7.39. The molecular weight excluding hydrogens is 282 g/mol. The predicted octanol–water partition coefficient (Wildman–Crippen LogP) is 2.41. The van der Waals surface area contributed by atoms with E-state index in [1.807, 2.05) is 30.0 Å². The van der Waals surface area contributed by atoms with Gasteiger partial charge in [-0.05, 0) is 38.3 Å². The largest absolute Gasteiger partial charge is 0.296 e. The Labute approximate surface area is 129 Å². The van der Waals surface area contributed by atoms with Crippen LogP contribution >= 0.6 is 11.8 Å². The third-order valence-corrected chi connectivity index (χ3v) is 5.48. The monoisotopic (exact) mass is 303 g/mol. The fourth-order valence-electron chi connectivity index (χ4n) is 3.24. The van der Waals surface area contributed by atoms with E-state index in [1.165, 1.54) is 19.3 Å². The zero-order valence-corrected chi connectivity index (χ0v) is 13.3. The highest BCUT2D eigenvalue weighted by molar-refractivity contribution is 7.99. The first-order valence-corrected chi connectivity index (χ1v) is 8.68. The summed E-state index contributed by atoms with van der Waals surface area (Å²) in [6, 6.07) is 7.90. The van der Waals surface area contributed by atoms with Crippen molar-refractivity contribution in [2.45, 2.75) is 37.1 Å². The lowest BCUT2D eigenvalue weighted by Crippen LogP contribution is -2.36. The Morgan fingerprint density at radius 1 is 1.43 bits per heavy atom. The van der Waals surface area contributed by atoms with Gasteiger partial charge in [-0.3, -0.25) is 14.1 Å². The average Bonchev–Trinajstić information content (AvgIpc) is 2.96. The molecule has 0 N–H and O–H groups in total. The van der Waals surface area contributed by atoms with Crippen molar-refractivity contribution in [2.24, 2.45) is 0 Å². The number of thioether (sulfide) groups is 1. The van der Waals surface area contributed by atoms with Crippen LogP contribution in [0.1, 0.15) is 25.0 Å². The van der Waals surface area contributed by atoms with E-state index in [2.05, 4.69) is 23.2 Å². The fraction of sp³-hybridized carbons (Fsp3) is 0.500. The number of rotatable bonds is 4. The lowest BCUT2D eigenvalue weighted by molar-refractivity contribution is 0.239. The van der Waals surface area contributed by atoms with E-state index in [9.17, 15) is 4.79 Å². The molecule has 0 aliphatic heterocycles. The van der Waals surface area contributed by atoms with Crippen LogP contribution in [-0.2, 0) is 6.54 Å². The van der Waals surface area contributed by atoms with Gasteiger partial charge in [-0.15, -0.1) is 0 Å². The summed E-state index contributed by atoms with van der Waals surface area (Å²) in [4.78, 5) is 19.1. The van der Waals surface area contributed by atoms with Crippen LogP contribution in [0.4, 0.5) is 0 Å². The smallest absolute Gasteiger partial charge is 0.258 e. The summed E-state index contributed by atoms with van der Waals surface area (Å²) in [5, 5.41) is 0.705. The SMILES string of the molecule is CSC1CCCC1N(C)Cc1cc(=O)n2ccccc2n1. The Morgan fingerprint density at radius 3 is 3.10 bits per heavy atom. The van der Waals surface area contributed by atoms with Crippen molar-refractivity contribution in [3.63, 3.8) is 0 Å². The number of hydrogen-bond donors (Lipinski definition) is 0. The molecule has 0 spiro atoms. The highest BCUT2D eigenvalue weighted by Crippen LogP contribution is 2.31. The number of fused-ring (bicyclic) bond motifs is 1. The molecule has 0 saturated heterocycles. The van der Waals surface area contributed by atoms with Gasteiger partial charge in [-0.2, -0.15) is 11.8 Å². The van der Waals surface area contributed by atoms with Crippen molar-refractivity contribution in [3.8, 4) is 0 Å². The minimum atomic E-state index is -0.00293. The Balaban J connectivity index is 1.83. The summed E-state index contributed by atoms with van der Waals surface area (Å²) in [6.45, 7) is 0.738. The van der Waals surface area contributed by atoms with Gasteiger partial charge in [0.2, 0.25) is 0 Å². The zero-order chi connectivity index (χ0) is 14.8. The van der Waals surface area contributed by atoms with E-state index in [1.54, 1.807) is 16.7 Å². The van der Waals surface area contributed by atoms with Crippen LogP contribution in [0.25, 0.3) is 5.65 Å². The van der Waals surface area contributed by atoms with Gasteiger partial charge in [-0.1, -0.05) is 12.5 Å². The predicted molar refractivity (Wildman–Crippen MR) is 87.9 cm³/mol. The Hall–Kier alpha value is -1.33. The van der Waals surface area contributed by atoms with Gasteiger partial charge in [0, 0.05) is 30.1 Å². The third-order valence-electron chi connectivity index (χ3n) is 4.32. The minimum Gasteiger partial charge on any atom is -0.296 e. The summed E-state index contributed by atoms with van der Waals surface area (Å²) in [7, 11) is 2.15. The number of hydrogen-bond acceptors (Lipinski definition) is 4. The third kappa shape index (κ3) is 2.99. The summed E-state index contributed by atoms with van der Waals surface area (Å²) >= 11 is 1.96. The normalized spacial score (nSPS) is 22.2. The molecule has 1 saturated carbocycles. The quantitative estimate of drug-likeness (QED) is 0.869. The molecule has 2 unspecified atom stereocenters. The van der Waals surface area contributed by atoms with Gasteiger partial charge in [0.05, 0.1) is 5.69 Å². The molecule has 5 heteroatoms. The second-order valence-electron chi connectivity index (χ2n) is 5.70. The summed E-state index contributed by atoms with van der Waals surface area (Å²) in [6.07, 6.45) is 7.79. The van der Waals surface area contributed by atoms with Crippen LogP contribution < -0.4 is 5.56 Å². The number of nitrogens with zero attached hydrogens (tertiary/aromatic N) is 3. The van der Waals surface area contributed by atoms with Crippen molar-refractivity contribution in [2.75, 3.05) is 13.3 Å². The van der Waals surface area contributed by atoms with E-state index in [-0.39, 0.29) is 5.56 Å². The summed E-state index contributed by atoms with van der Waals surface area (Å²) < 4.78 is 1.59. The van der Waals surface area contributed by atoms with Gasteiger partial charge in [0.15, 0.2) is 0 Å². The molecule has 3 rings (SSSR count). The maximum atomic E-state index is 12.1. The fourth-order valence-corrected chi connectivity index (χ4v) is 4.30. The summed E-state index contributed by atoms with van der Waals surface area (Å²) in [5.74, 6) is 0. The lowest BCUT2D eigenvalue weighted by atomic mass is 10.2. The second-order valence-corrected chi connectivity index (χ2v) is 6.78. The molecule has 2 aromatic heterocycles. The van der Waals surface area contributed by atoms with Crippen LogP contribution in [0.5, 0.6) is 0 Å². The topological polar surface area (TPSA) is 37.6 Å². The maximum absolute atomic E-state index is 12.1. The molecule has 2 aromatic rings. The van der Waals surface area contributed by atoms with Crippen LogP contribution in [-0.4, -0.2) is 38.9 Å². The highest BCUT2D eigenvalue weighted by atomic mass is 32.2. The van der Waals surface area contributed by atoms with Crippen molar-refractivity contribution in [1.82, 2.24) is 14.3 Å². The molecule has 0 aromatic carbocycles. The average molecular weight is 303 g/mol. The van der Waals surface area contributed by atoms with Gasteiger partial charge < -0.3 is 0 Å². The molecule has 112 valence electrons. The zero-order valence-electron chi connectivity index (χ0n) is 12.5.